The Morgan fingerprint density at radius 2 is 2.18 bits per heavy atom. The molecule has 4 heteroatoms. The van der Waals surface area contributed by atoms with E-state index in [1.54, 1.807) is 0 Å². The standard InChI is InChI=1S/C13H16BrN3/c1-9-13(10-5-4-6-11(14)7-10)12(8-15-2)17(3)16-9/h4-7,15H,8H2,1-3H3. The van der Waals surface area contributed by atoms with Gasteiger partial charge in [0, 0.05) is 23.6 Å². The quantitative estimate of drug-likeness (QED) is 0.943. The minimum absolute atomic E-state index is 0.819. The predicted molar refractivity (Wildman–Crippen MR) is 73.8 cm³/mol. The van der Waals surface area contributed by atoms with Crippen LogP contribution in [0.5, 0.6) is 0 Å². The number of hydrogen-bond acceptors (Lipinski definition) is 2. The van der Waals surface area contributed by atoms with Crippen molar-refractivity contribution in [3.8, 4) is 11.1 Å². The van der Waals surface area contributed by atoms with Crippen LogP contribution in [0.15, 0.2) is 28.7 Å². The molecule has 0 bridgehead atoms. The number of nitrogens with one attached hydrogen (secondary N) is 1. The highest BCUT2D eigenvalue weighted by molar-refractivity contribution is 9.10. The number of aryl methyl sites for hydroxylation is 2. The van der Waals surface area contributed by atoms with Gasteiger partial charge in [-0.05, 0) is 31.7 Å². The van der Waals surface area contributed by atoms with E-state index in [1.165, 1.54) is 16.8 Å². The van der Waals surface area contributed by atoms with Crippen molar-refractivity contribution in [3.05, 3.63) is 40.1 Å². The highest BCUT2D eigenvalue weighted by atomic mass is 79.9. The summed E-state index contributed by atoms with van der Waals surface area (Å²) in [7, 11) is 3.94. The number of rotatable bonds is 3. The van der Waals surface area contributed by atoms with Crippen molar-refractivity contribution < 1.29 is 0 Å². The van der Waals surface area contributed by atoms with Crippen molar-refractivity contribution in [2.24, 2.45) is 7.05 Å². The monoisotopic (exact) mass is 293 g/mol. The van der Waals surface area contributed by atoms with E-state index in [0.717, 1.165) is 16.7 Å². The maximum Gasteiger partial charge on any atom is 0.0675 e. The van der Waals surface area contributed by atoms with E-state index in [-0.39, 0.29) is 0 Å². The van der Waals surface area contributed by atoms with E-state index in [9.17, 15) is 0 Å². The van der Waals surface area contributed by atoms with Crippen LogP contribution in [-0.2, 0) is 13.6 Å². The van der Waals surface area contributed by atoms with E-state index in [1.807, 2.05) is 24.8 Å². The van der Waals surface area contributed by atoms with Crippen molar-refractivity contribution in [2.45, 2.75) is 13.5 Å². The molecular weight excluding hydrogens is 278 g/mol. The molecule has 0 aliphatic rings. The smallest absolute Gasteiger partial charge is 0.0675 e. The Hall–Kier alpha value is -1.13. The number of benzene rings is 1. The van der Waals surface area contributed by atoms with Gasteiger partial charge in [-0.1, -0.05) is 28.1 Å². The second-order valence-corrected chi connectivity index (χ2v) is 4.99. The van der Waals surface area contributed by atoms with Crippen LogP contribution >= 0.6 is 15.9 Å². The van der Waals surface area contributed by atoms with Crippen LogP contribution in [0.2, 0.25) is 0 Å². The molecule has 0 aliphatic heterocycles. The van der Waals surface area contributed by atoms with Crippen LogP contribution in [-0.4, -0.2) is 16.8 Å². The van der Waals surface area contributed by atoms with Crippen molar-refractivity contribution in [3.63, 3.8) is 0 Å². The van der Waals surface area contributed by atoms with Crippen LogP contribution in [0.4, 0.5) is 0 Å². The lowest BCUT2D eigenvalue weighted by Gasteiger charge is -2.06. The third-order valence-corrected chi connectivity index (χ3v) is 3.29. The molecule has 1 aromatic carbocycles. The zero-order chi connectivity index (χ0) is 12.4. The Bertz CT molecular complexity index is 531. The van der Waals surface area contributed by atoms with Gasteiger partial charge in [0.2, 0.25) is 0 Å². The van der Waals surface area contributed by atoms with E-state index < -0.39 is 0 Å². The van der Waals surface area contributed by atoms with Gasteiger partial charge >= 0.3 is 0 Å². The second-order valence-electron chi connectivity index (χ2n) is 4.07. The molecule has 1 aromatic heterocycles. The van der Waals surface area contributed by atoms with Gasteiger partial charge in [0.15, 0.2) is 0 Å². The van der Waals surface area contributed by atoms with Crippen molar-refractivity contribution >= 4 is 15.9 Å². The molecule has 0 radical (unpaired) electrons. The summed E-state index contributed by atoms with van der Waals surface area (Å²) in [5.74, 6) is 0. The number of aromatic nitrogens is 2. The van der Waals surface area contributed by atoms with Gasteiger partial charge in [0.25, 0.3) is 0 Å². The van der Waals surface area contributed by atoms with E-state index in [2.05, 4.69) is 51.5 Å². The van der Waals surface area contributed by atoms with Crippen LogP contribution in [0.25, 0.3) is 11.1 Å². The molecule has 1 heterocycles. The van der Waals surface area contributed by atoms with E-state index in [4.69, 9.17) is 0 Å². The fourth-order valence-corrected chi connectivity index (χ4v) is 2.49. The van der Waals surface area contributed by atoms with Crippen molar-refractivity contribution in [2.75, 3.05) is 7.05 Å². The van der Waals surface area contributed by atoms with Gasteiger partial charge in [-0.15, -0.1) is 0 Å². The summed E-state index contributed by atoms with van der Waals surface area (Å²) in [6.07, 6.45) is 0. The molecule has 0 saturated carbocycles. The molecule has 0 atom stereocenters. The summed E-state index contributed by atoms with van der Waals surface area (Å²) >= 11 is 3.51. The molecule has 0 unspecified atom stereocenters. The minimum Gasteiger partial charge on any atom is -0.314 e. The Labute approximate surface area is 110 Å². The normalized spacial score (nSPS) is 10.8. The fourth-order valence-electron chi connectivity index (χ4n) is 2.10. The summed E-state index contributed by atoms with van der Waals surface area (Å²) < 4.78 is 3.04. The molecule has 0 aliphatic carbocycles. The molecule has 0 fully saturated rings. The molecule has 17 heavy (non-hydrogen) atoms. The second kappa shape index (κ2) is 5.02. The Kier molecular flexibility index (Phi) is 3.64. The number of nitrogens with zero attached hydrogens (tertiary/aromatic N) is 2. The van der Waals surface area contributed by atoms with Gasteiger partial charge < -0.3 is 5.32 Å². The van der Waals surface area contributed by atoms with Crippen LogP contribution in [0.3, 0.4) is 0 Å². The number of halogens is 1. The summed E-state index contributed by atoms with van der Waals surface area (Å²) in [5.41, 5.74) is 4.71. The van der Waals surface area contributed by atoms with Gasteiger partial charge in [-0.25, -0.2) is 0 Å². The molecule has 3 nitrogen and oxygen atoms in total. The lowest BCUT2D eigenvalue weighted by molar-refractivity contribution is 0.669. The lowest BCUT2D eigenvalue weighted by Crippen LogP contribution is -2.10. The van der Waals surface area contributed by atoms with Crippen LogP contribution in [0.1, 0.15) is 11.4 Å². The van der Waals surface area contributed by atoms with Crippen LogP contribution < -0.4 is 5.32 Å². The first-order chi connectivity index (χ1) is 8.13. The average molecular weight is 294 g/mol. The molecule has 2 rings (SSSR count). The average Bonchev–Trinajstić information content (AvgIpc) is 2.54. The molecular formula is C13H16BrN3. The Balaban J connectivity index is 2.57. The van der Waals surface area contributed by atoms with Gasteiger partial charge in [0.1, 0.15) is 0 Å². The van der Waals surface area contributed by atoms with E-state index in [0.29, 0.717) is 0 Å². The first-order valence-corrected chi connectivity index (χ1v) is 6.35. The molecule has 1 N–H and O–H groups in total. The largest absolute Gasteiger partial charge is 0.314 e. The summed E-state index contributed by atoms with van der Waals surface area (Å²) in [6, 6.07) is 8.33. The van der Waals surface area contributed by atoms with Crippen molar-refractivity contribution in [1.82, 2.24) is 15.1 Å². The third kappa shape index (κ3) is 2.42. The van der Waals surface area contributed by atoms with Gasteiger partial charge in [-0.2, -0.15) is 5.10 Å². The Morgan fingerprint density at radius 3 is 2.82 bits per heavy atom. The SMILES string of the molecule is CNCc1c(-c2cccc(Br)c2)c(C)nn1C. The molecule has 2 aromatic rings. The topological polar surface area (TPSA) is 29.9 Å². The summed E-state index contributed by atoms with van der Waals surface area (Å²) in [4.78, 5) is 0. The maximum atomic E-state index is 4.50. The van der Waals surface area contributed by atoms with Gasteiger partial charge in [0.05, 0.1) is 11.4 Å². The number of hydrogen-bond donors (Lipinski definition) is 1. The molecule has 90 valence electrons. The zero-order valence-corrected chi connectivity index (χ0v) is 11.9. The van der Waals surface area contributed by atoms with Crippen molar-refractivity contribution in [1.29, 1.82) is 0 Å². The van der Waals surface area contributed by atoms with Gasteiger partial charge in [-0.3, -0.25) is 4.68 Å². The first-order valence-electron chi connectivity index (χ1n) is 5.56. The van der Waals surface area contributed by atoms with Crippen LogP contribution in [0, 0.1) is 6.92 Å². The van der Waals surface area contributed by atoms with E-state index >= 15 is 0 Å². The molecule has 0 spiro atoms. The molecule has 0 saturated heterocycles. The predicted octanol–water partition coefficient (Wildman–Crippen LogP) is 2.88. The third-order valence-electron chi connectivity index (χ3n) is 2.80. The zero-order valence-electron chi connectivity index (χ0n) is 10.3. The maximum absolute atomic E-state index is 4.50. The Morgan fingerprint density at radius 1 is 1.41 bits per heavy atom. The minimum atomic E-state index is 0.819. The first kappa shape index (κ1) is 12.3. The summed E-state index contributed by atoms with van der Waals surface area (Å²) in [6.45, 7) is 2.87. The fraction of sp³-hybridized carbons (Fsp3) is 0.308. The molecule has 0 amide bonds. The highest BCUT2D eigenvalue weighted by Crippen LogP contribution is 2.28. The highest BCUT2D eigenvalue weighted by Gasteiger charge is 2.14. The lowest BCUT2D eigenvalue weighted by atomic mass is 10.0. The summed E-state index contributed by atoms with van der Waals surface area (Å²) in [5, 5.41) is 7.69.